The average molecular weight is 233 g/mol. The van der Waals surface area contributed by atoms with Crippen molar-refractivity contribution < 1.29 is 14.0 Å². The average Bonchev–Trinajstić information content (AvgIpc) is 2.34. The Balaban J connectivity index is 2.57. The molecule has 2 rings (SSSR count). The standard InChI is InChI=1S/C13H9F2NO/c14-11-7-3-1-5-9(11)13(16-17)10-6-2-4-8-12(10)15/h1-8,17H. The first-order chi connectivity index (χ1) is 8.24. The molecule has 0 amide bonds. The van der Waals surface area contributed by atoms with Crippen molar-refractivity contribution in [2.75, 3.05) is 0 Å². The van der Waals surface area contributed by atoms with Gasteiger partial charge < -0.3 is 5.21 Å². The zero-order chi connectivity index (χ0) is 12.3. The van der Waals surface area contributed by atoms with Crippen LogP contribution in [0.5, 0.6) is 0 Å². The maximum Gasteiger partial charge on any atom is 0.132 e. The molecule has 2 nitrogen and oxygen atoms in total. The highest BCUT2D eigenvalue weighted by atomic mass is 19.1. The molecule has 0 aliphatic rings. The second-order valence-corrected chi connectivity index (χ2v) is 3.41. The third-order valence-corrected chi connectivity index (χ3v) is 2.36. The van der Waals surface area contributed by atoms with E-state index in [4.69, 9.17) is 5.21 Å². The molecule has 2 aromatic carbocycles. The van der Waals surface area contributed by atoms with Crippen LogP contribution in [0.4, 0.5) is 8.78 Å². The number of hydrogen-bond acceptors (Lipinski definition) is 2. The van der Waals surface area contributed by atoms with Crippen LogP contribution < -0.4 is 0 Å². The number of halogens is 2. The Hall–Kier alpha value is -2.23. The third-order valence-electron chi connectivity index (χ3n) is 2.36. The Morgan fingerprint density at radius 1 is 0.824 bits per heavy atom. The molecule has 0 fully saturated rings. The summed E-state index contributed by atoms with van der Waals surface area (Å²) in [5, 5.41) is 11.9. The Morgan fingerprint density at radius 3 is 1.59 bits per heavy atom. The van der Waals surface area contributed by atoms with Gasteiger partial charge in [-0.3, -0.25) is 0 Å². The Kier molecular flexibility index (Phi) is 3.14. The summed E-state index contributed by atoms with van der Waals surface area (Å²) in [5.41, 5.74) is -0.0126. The maximum atomic E-state index is 13.5. The molecule has 0 atom stereocenters. The molecule has 4 heteroatoms. The fourth-order valence-corrected chi connectivity index (χ4v) is 1.56. The van der Waals surface area contributed by atoms with Crippen molar-refractivity contribution in [2.24, 2.45) is 5.16 Å². The predicted octanol–water partition coefficient (Wildman–Crippen LogP) is 3.19. The van der Waals surface area contributed by atoms with Gasteiger partial charge in [0.1, 0.15) is 17.3 Å². The summed E-state index contributed by atoms with van der Waals surface area (Å²) in [6, 6.07) is 11.5. The van der Waals surface area contributed by atoms with Gasteiger partial charge >= 0.3 is 0 Å². The fourth-order valence-electron chi connectivity index (χ4n) is 1.56. The fraction of sp³-hybridized carbons (Fsp3) is 0. The molecule has 0 aromatic heterocycles. The van der Waals surface area contributed by atoms with Crippen LogP contribution in [-0.4, -0.2) is 10.9 Å². The molecular formula is C13H9F2NO. The molecule has 0 radical (unpaired) electrons. The largest absolute Gasteiger partial charge is 0.410 e. The van der Waals surface area contributed by atoms with Crippen molar-refractivity contribution in [1.82, 2.24) is 0 Å². The molecule has 0 unspecified atom stereocenters. The molecular weight excluding hydrogens is 224 g/mol. The minimum Gasteiger partial charge on any atom is -0.410 e. The summed E-state index contributed by atoms with van der Waals surface area (Å²) in [5.74, 6) is -1.13. The van der Waals surface area contributed by atoms with E-state index < -0.39 is 11.6 Å². The van der Waals surface area contributed by atoms with Crippen LogP contribution in [0.1, 0.15) is 11.1 Å². The van der Waals surface area contributed by atoms with Crippen LogP contribution in [0.25, 0.3) is 0 Å². The summed E-state index contributed by atoms with van der Waals surface area (Å²) in [7, 11) is 0. The summed E-state index contributed by atoms with van der Waals surface area (Å²) < 4.78 is 27.1. The van der Waals surface area contributed by atoms with E-state index in [1.807, 2.05) is 0 Å². The molecule has 0 bridgehead atoms. The Bertz CT molecular complexity index is 519. The van der Waals surface area contributed by atoms with E-state index in [0.29, 0.717) is 0 Å². The second-order valence-electron chi connectivity index (χ2n) is 3.41. The van der Waals surface area contributed by atoms with Crippen molar-refractivity contribution in [3.05, 3.63) is 71.3 Å². The van der Waals surface area contributed by atoms with Crippen LogP contribution in [-0.2, 0) is 0 Å². The molecule has 0 saturated carbocycles. The zero-order valence-corrected chi connectivity index (χ0v) is 8.77. The SMILES string of the molecule is ON=C(c1ccccc1F)c1ccccc1F. The third kappa shape index (κ3) is 2.15. The van der Waals surface area contributed by atoms with Crippen LogP contribution in [0.3, 0.4) is 0 Å². The van der Waals surface area contributed by atoms with Gasteiger partial charge in [0, 0.05) is 11.1 Å². The van der Waals surface area contributed by atoms with E-state index in [-0.39, 0.29) is 16.8 Å². The summed E-state index contributed by atoms with van der Waals surface area (Å²) >= 11 is 0. The monoisotopic (exact) mass is 233 g/mol. The Morgan fingerprint density at radius 2 is 1.24 bits per heavy atom. The highest BCUT2D eigenvalue weighted by molar-refractivity contribution is 6.12. The minimum atomic E-state index is -0.566. The molecule has 0 spiro atoms. The second kappa shape index (κ2) is 4.74. The van der Waals surface area contributed by atoms with Crippen molar-refractivity contribution in [2.45, 2.75) is 0 Å². The molecule has 2 aromatic rings. The number of hydrogen-bond donors (Lipinski definition) is 1. The molecule has 0 aliphatic heterocycles. The van der Waals surface area contributed by atoms with E-state index in [0.717, 1.165) is 0 Å². The normalized spacial score (nSPS) is 10.0. The number of rotatable bonds is 2. The summed E-state index contributed by atoms with van der Waals surface area (Å²) in [6.07, 6.45) is 0. The van der Waals surface area contributed by atoms with Crippen molar-refractivity contribution in [1.29, 1.82) is 0 Å². The van der Waals surface area contributed by atoms with Gasteiger partial charge in [-0.25, -0.2) is 8.78 Å². The quantitative estimate of drug-likeness (QED) is 0.482. The summed E-state index contributed by atoms with van der Waals surface area (Å²) in [4.78, 5) is 0. The minimum absolute atomic E-state index is 0.0556. The lowest BCUT2D eigenvalue weighted by molar-refractivity contribution is 0.319. The number of benzene rings is 2. The maximum absolute atomic E-state index is 13.5. The lowest BCUT2D eigenvalue weighted by atomic mass is 10.0. The van der Waals surface area contributed by atoms with Gasteiger partial charge in [0.05, 0.1) is 0 Å². The smallest absolute Gasteiger partial charge is 0.132 e. The van der Waals surface area contributed by atoms with Gasteiger partial charge in [-0.1, -0.05) is 29.4 Å². The lowest BCUT2D eigenvalue weighted by Crippen LogP contribution is -2.08. The van der Waals surface area contributed by atoms with E-state index >= 15 is 0 Å². The van der Waals surface area contributed by atoms with E-state index in [2.05, 4.69) is 5.16 Å². The lowest BCUT2D eigenvalue weighted by Gasteiger charge is -2.06. The Labute approximate surface area is 96.8 Å². The molecule has 17 heavy (non-hydrogen) atoms. The molecule has 0 aliphatic carbocycles. The van der Waals surface area contributed by atoms with Crippen molar-refractivity contribution in [3.8, 4) is 0 Å². The van der Waals surface area contributed by atoms with Gasteiger partial charge in [0.25, 0.3) is 0 Å². The first kappa shape index (κ1) is 11.3. The number of nitrogens with zero attached hydrogens (tertiary/aromatic N) is 1. The van der Waals surface area contributed by atoms with Gasteiger partial charge in [0.15, 0.2) is 0 Å². The van der Waals surface area contributed by atoms with E-state index in [9.17, 15) is 8.78 Å². The van der Waals surface area contributed by atoms with E-state index in [1.54, 1.807) is 12.1 Å². The first-order valence-corrected chi connectivity index (χ1v) is 4.96. The zero-order valence-electron chi connectivity index (χ0n) is 8.77. The van der Waals surface area contributed by atoms with E-state index in [1.165, 1.54) is 36.4 Å². The molecule has 0 saturated heterocycles. The first-order valence-electron chi connectivity index (χ1n) is 4.96. The van der Waals surface area contributed by atoms with Gasteiger partial charge in [-0.15, -0.1) is 0 Å². The van der Waals surface area contributed by atoms with Gasteiger partial charge in [-0.2, -0.15) is 0 Å². The molecule has 86 valence electrons. The summed E-state index contributed by atoms with van der Waals surface area (Å²) in [6.45, 7) is 0. The van der Waals surface area contributed by atoms with Crippen molar-refractivity contribution >= 4 is 5.71 Å². The molecule has 1 N–H and O–H groups in total. The van der Waals surface area contributed by atoms with Crippen LogP contribution in [0, 0.1) is 11.6 Å². The van der Waals surface area contributed by atoms with Gasteiger partial charge in [0.2, 0.25) is 0 Å². The molecule has 0 heterocycles. The van der Waals surface area contributed by atoms with Gasteiger partial charge in [-0.05, 0) is 24.3 Å². The predicted molar refractivity (Wildman–Crippen MR) is 60.2 cm³/mol. The highest BCUT2D eigenvalue weighted by Crippen LogP contribution is 2.16. The number of oxime groups is 1. The van der Waals surface area contributed by atoms with Crippen LogP contribution >= 0.6 is 0 Å². The topological polar surface area (TPSA) is 32.6 Å². The highest BCUT2D eigenvalue weighted by Gasteiger charge is 2.15. The van der Waals surface area contributed by atoms with Crippen molar-refractivity contribution in [3.63, 3.8) is 0 Å². The van der Waals surface area contributed by atoms with Crippen LogP contribution in [0.15, 0.2) is 53.7 Å². The van der Waals surface area contributed by atoms with Crippen LogP contribution in [0.2, 0.25) is 0 Å².